The summed E-state index contributed by atoms with van der Waals surface area (Å²) in [5.41, 5.74) is 4.06. The first-order valence-electron chi connectivity index (χ1n) is 28.4. The average molecular weight is 1610 g/mol. The molecule has 0 atom stereocenters. The Hall–Kier alpha value is -10.3. The van der Waals surface area contributed by atoms with Crippen LogP contribution in [-0.4, -0.2) is 175 Å². The predicted molar refractivity (Wildman–Crippen MR) is 375 cm³/mol. The number of anilines is 1. The summed E-state index contributed by atoms with van der Waals surface area (Å²) in [6.07, 6.45) is 1.25. The molecule has 4 amide bonds. The summed E-state index contributed by atoms with van der Waals surface area (Å²) in [7, 11) is 8.76. The monoisotopic (exact) mass is 1610 g/mol. The van der Waals surface area contributed by atoms with Crippen molar-refractivity contribution in [3.63, 3.8) is 0 Å². The first-order chi connectivity index (χ1) is 47.7. The molecule has 7 rings (SSSR count). The Kier molecular flexibility index (Phi) is 40.3. The smallest absolute Gasteiger partial charge is 0.335 e. The van der Waals surface area contributed by atoms with Crippen molar-refractivity contribution in [2.45, 2.75) is 41.5 Å². The standard InChI is InChI=1S/C9H9ClFNO3S.C9H11FN2O3S.C9H9FN2O3.C9H13FN2O2S.C9H11FN2O.C7H3ClFNO3.C7H4FNO4.C3H8.ClH/c1-12(2)9(13)6-3-4-8(7(11)5-6)16(10,14)15;1-12(2)9(13)6-3-4-8(7(10)5-6)16(11,14)15;1-11(2)9(13)6-3-4-8(12(14)15)7(10)5-6;1-12(2)6-7-3-4-9(8(10)5-7)15(11,13)14;1-12(2)9(13)6-3-4-8(11)7(10)5-6;8-7(11)4-1-2-6(10(12)13)5(9)3-4;8-5-3-4(7(10)11)1-2-6(5)9(12)13;1-3-2;/h3-5H,1-2H3;3-5H,1-2H3,(H2,11,14,15);3-5H,1-2H3;3-5H,6H2,1-2H3,(H2,11,13,14);3-5H,11H2,1-2H3;1-3H;1-3H,(H,10,11);3H2,1-2H3;1H. The number of nitro benzene ring substituents is 3. The van der Waals surface area contributed by atoms with E-state index in [2.05, 4.69) is 13.8 Å². The number of primary sulfonamides is 2. The molecule has 7 aromatic carbocycles. The second-order valence-corrected chi connectivity index (χ2v) is 27.3. The van der Waals surface area contributed by atoms with Crippen molar-refractivity contribution >= 4 is 121 Å². The van der Waals surface area contributed by atoms with Crippen LogP contribution in [0.4, 0.5) is 53.5 Å². The van der Waals surface area contributed by atoms with Gasteiger partial charge in [-0.1, -0.05) is 26.3 Å². The molecular formula is C62H69Cl3F7N11O19S3. The second-order valence-electron chi connectivity index (χ2n) is 21.4. The number of aromatic carboxylic acids is 1. The lowest BCUT2D eigenvalue weighted by atomic mass is 10.2. The number of nitrogens with zero attached hydrogens (tertiary/aromatic N) is 8. The molecule has 0 heterocycles. The molecule has 105 heavy (non-hydrogen) atoms. The summed E-state index contributed by atoms with van der Waals surface area (Å²) in [6.45, 7) is 4.79. The summed E-state index contributed by atoms with van der Waals surface area (Å²) in [5.74, 6) is -9.47. The average Bonchev–Trinajstić information content (AvgIpc) is 0.812. The largest absolute Gasteiger partial charge is 0.478 e. The number of carbonyl (C=O) groups is 6. The number of hydrogen-bond donors (Lipinski definition) is 4. The van der Waals surface area contributed by atoms with Crippen LogP contribution in [0.5, 0.6) is 0 Å². The number of halogens is 10. The number of sulfonamides is 2. The Balaban J connectivity index is 0. The lowest BCUT2D eigenvalue weighted by Gasteiger charge is -2.10. The molecule has 0 saturated carbocycles. The van der Waals surface area contributed by atoms with E-state index in [1.165, 1.54) is 111 Å². The molecule has 0 bridgehead atoms. The number of carboxylic acid groups (broad SMARTS) is 1. The van der Waals surface area contributed by atoms with Crippen LogP contribution in [0, 0.1) is 71.1 Å². The minimum atomic E-state index is -4.12. The third-order valence-electron chi connectivity index (χ3n) is 11.8. The molecular weight excluding hydrogens is 1540 g/mol. The third kappa shape index (κ3) is 32.9. The zero-order valence-electron chi connectivity index (χ0n) is 57.2. The van der Waals surface area contributed by atoms with Gasteiger partial charge in [-0.15, -0.1) is 12.4 Å². The molecule has 43 heteroatoms. The number of carboxylic acids is 1. The van der Waals surface area contributed by atoms with Gasteiger partial charge in [0.15, 0.2) is 0 Å². The van der Waals surface area contributed by atoms with E-state index in [4.69, 9.17) is 43.4 Å². The van der Waals surface area contributed by atoms with Crippen molar-refractivity contribution in [3.8, 4) is 0 Å². The van der Waals surface area contributed by atoms with Crippen molar-refractivity contribution in [1.82, 2.24) is 24.5 Å². The van der Waals surface area contributed by atoms with E-state index in [-0.39, 0.29) is 51.8 Å². The fourth-order valence-corrected chi connectivity index (χ4v) is 9.17. The van der Waals surface area contributed by atoms with E-state index in [1.54, 1.807) is 20.2 Å². The molecule has 0 saturated heterocycles. The van der Waals surface area contributed by atoms with Crippen molar-refractivity contribution in [2.75, 3.05) is 76.2 Å². The van der Waals surface area contributed by atoms with Gasteiger partial charge in [-0.3, -0.25) is 54.3 Å². The Morgan fingerprint density at radius 1 is 0.429 bits per heavy atom. The van der Waals surface area contributed by atoms with E-state index >= 15 is 0 Å². The van der Waals surface area contributed by atoms with E-state index < -0.39 is 145 Å². The zero-order chi connectivity index (χ0) is 81.0. The summed E-state index contributed by atoms with van der Waals surface area (Å²) >= 11 is 5.03. The SMILES string of the molecule is CCC.CN(C)C(=O)c1ccc(N)c(F)c1.CN(C)C(=O)c1ccc(S(=O)(=O)Cl)c(F)c1.CN(C)C(=O)c1ccc(S(N)(=O)=O)c(F)c1.CN(C)C(=O)c1ccc([N+](=O)[O-])c(F)c1.CN(C)Cc1ccc(S(N)(=O)=O)c(F)c1.Cl.O=C(Cl)c1ccc([N+](=O)[O-])c(F)c1.O=C(O)c1ccc([N+](=O)[O-])c(F)c1. The minimum absolute atomic E-state index is 0. The summed E-state index contributed by atoms with van der Waals surface area (Å²) < 4.78 is 157. The van der Waals surface area contributed by atoms with Gasteiger partial charge in [0.05, 0.1) is 26.0 Å². The molecule has 0 unspecified atom stereocenters. The molecule has 0 radical (unpaired) electrons. The highest BCUT2D eigenvalue weighted by atomic mass is 35.7. The molecule has 0 spiro atoms. The summed E-state index contributed by atoms with van der Waals surface area (Å²) in [6, 6.07) is 22.2. The van der Waals surface area contributed by atoms with E-state index in [9.17, 15) is 115 Å². The Bertz CT molecular complexity index is 4500. The van der Waals surface area contributed by atoms with E-state index in [0.717, 1.165) is 72.8 Å². The molecule has 574 valence electrons. The predicted octanol–water partition coefficient (Wildman–Crippen LogP) is 10.1. The van der Waals surface area contributed by atoms with Crippen LogP contribution in [0.2, 0.25) is 0 Å². The maximum Gasteiger partial charge on any atom is 0.335 e. The molecule has 0 fully saturated rings. The van der Waals surface area contributed by atoms with E-state index in [0.29, 0.717) is 23.7 Å². The number of nitro groups is 3. The number of carbonyl (C=O) groups excluding carboxylic acids is 5. The van der Waals surface area contributed by atoms with Crippen molar-refractivity contribution < 1.29 is 105 Å². The molecule has 7 N–H and O–H groups in total. The molecule has 0 aliphatic carbocycles. The lowest BCUT2D eigenvalue weighted by Crippen LogP contribution is -2.22. The van der Waals surface area contributed by atoms with Gasteiger partial charge in [-0.2, -0.15) is 13.2 Å². The van der Waals surface area contributed by atoms with E-state index in [1.807, 2.05) is 19.0 Å². The third-order valence-corrected chi connectivity index (χ3v) is 15.2. The van der Waals surface area contributed by atoms with Gasteiger partial charge in [0, 0.05) is 120 Å². The first kappa shape index (κ1) is 96.7. The van der Waals surface area contributed by atoms with Gasteiger partial charge < -0.3 is 35.3 Å². The number of hydrogen-bond acceptors (Lipinski definition) is 20. The minimum Gasteiger partial charge on any atom is -0.478 e. The fraction of sp³-hybridized carbons (Fsp3) is 0.226. The number of rotatable bonds is 14. The Labute approximate surface area is 612 Å². The summed E-state index contributed by atoms with van der Waals surface area (Å²) in [4.78, 5) is 99.6. The van der Waals surface area contributed by atoms with Crippen molar-refractivity contribution in [1.29, 1.82) is 0 Å². The fourth-order valence-electron chi connectivity index (χ4n) is 6.98. The van der Waals surface area contributed by atoms with Crippen LogP contribution >= 0.6 is 34.7 Å². The molecule has 0 aliphatic heterocycles. The highest BCUT2D eigenvalue weighted by Gasteiger charge is 2.23. The van der Waals surface area contributed by atoms with Crippen molar-refractivity contribution in [3.05, 3.63) is 237 Å². The van der Waals surface area contributed by atoms with Crippen LogP contribution in [-0.2, 0) is 35.6 Å². The van der Waals surface area contributed by atoms with Gasteiger partial charge >= 0.3 is 23.0 Å². The number of nitrogens with two attached hydrogens (primary N) is 3. The molecule has 7 aromatic rings. The number of benzene rings is 7. The van der Waals surface area contributed by atoms with Crippen molar-refractivity contribution in [2.24, 2.45) is 10.3 Å². The maximum atomic E-state index is 13.3. The van der Waals surface area contributed by atoms with Crippen LogP contribution in [0.1, 0.15) is 88.0 Å². The highest BCUT2D eigenvalue weighted by molar-refractivity contribution is 8.13. The Morgan fingerprint density at radius 2 is 0.686 bits per heavy atom. The zero-order valence-corrected chi connectivity index (χ0v) is 62.0. The first-order valence-corrected chi connectivity index (χ1v) is 34.1. The topological polar surface area (TPSA) is 449 Å². The van der Waals surface area contributed by atoms with Crippen LogP contribution in [0.3, 0.4) is 0 Å². The number of amides is 4. The second kappa shape index (κ2) is 43.7. The lowest BCUT2D eigenvalue weighted by molar-refractivity contribution is -0.387. The quantitative estimate of drug-likeness (QED) is 0.0258. The van der Waals surface area contributed by atoms with Gasteiger partial charge in [0.2, 0.25) is 37.5 Å². The normalized spacial score (nSPS) is 10.3. The molecule has 30 nitrogen and oxygen atoms in total. The van der Waals surface area contributed by atoms with Gasteiger partial charge in [-0.05, 0) is 134 Å². The Morgan fingerprint density at radius 3 is 0.943 bits per heavy atom. The summed E-state index contributed by atoms with van der Waals surface area (Å²) in [5, 5.41) is 47.7. The van der Waals surface area contributed by atoms with Gasteiger partial charge in [0.1, 0.15) is 38.0 Å². The van der Waals surface area contributed by atoms with Gasteiger partial charge in [0.25, 0.3) is 37.9 Å². The van der Waals surface area contributed by atoms with Gasteiger partial charge in [-0.25, -0.2) is 57.9 Å². The molecule has 0 aliphatic rings. The van der Waals surface area contributed by atoms with Crippen LogP contribution < -0.4 is 16.0 Å². The number of nitrogen functional groups attached to an aromatic ring is 1. The molecule has 0 aromatic heterocycles. The van der Waals surface area contributed by atoms with Crippen LogP contribution in [0.25, 0.3) is 0 Å². The maximum absolute atomic E-state index is 13.3. The van der Waals surface area contributed by atoms with Crippen LogP contribution in [0.15, 0.2) is 142 Å². The highest BCUT2D eigenvalue weighted by Crippen LogP contribution is 2.24.